The van der Waals surface area contributed by atoms with Crippen molar-refractivity contribution in [1.29, 1.82) is 0 Å². The van der Waals surface area contributed by atoms with Crippen LogP contribution >= 0.6 is 0 Å². The van der Waals surface area contributed by atoms with Crippen molar-refractivity contribution in [3.8, 4) is 5.75 Å². The summed E-state index contributed by atoms with van der Waals surface area (Å²) in [7, 11) is -8.18. The SMILES string of the molecule is [2H]C([2H])([2H])Oc1ccc([C@]([2H])(N)C([2H])([2H])S(=O)(=O)C([2H])([2H])[2H])cc1C. The summed E-state index contributed by atoms with van der Waals surface area (Å²) in [6, 6.07) is 0.198. The lowest BCUT2D eigenvalue weighted by Gasteiger charge is -2.13. The quantitative estimate of drug-likeness (QED) is 0.869. The third-order valence-electron chi connectivity index (χ3n) is 1.84. The van der Waals surface area contributed by atoms with Gasteiger partial charge in [0.1, 0.15) is 15.6 Å². The van der Waals surface area contributed by atoms with Crippen LogP contribution in [0.3, 0.4) is 0 Å². The molecule has 0 aliphatic heterocycles. The Kier molecular flexibility index (Phi) is 1.53. The molecule has 1 atom stereocenters. The summed E-state index contributed by atoms with van der Waals surface area (Å²) in [5.41, 5.74) is 1.70. The van der Waals surface area contributed by atoms with Crippen molar-refractivity contribution in [3.63, 3.8) is 0 Å². The van der Waals surface area contributed by atoms with Gasteiger partial charge in [0.25, 0.3) is 0 Å². The molecule has 1 rings (SSSR count). The molecule has 4 nitrogen and oxygen atoms in total. The zero-order chi connectivity index (χ0) is 20.1. The van der Waals surface area contributed by atoms with Gasteiger partial charge in [-0.2, -0.15) is 0 Å². The van der Waals surface area contributed by atoms with Crippen LogP contribution in [0.15, 0.2) is 18.2 Å². The smallest absolute Gasteiger partial charge is 0.149 e. The summed E-state index contributed by atoms with van der Waals surface area (Å²) in [5.74, 6) is -0.0983. The van der Waals surface area contributed by atoms with Crippen LogP contribution in [0.1, 0.15) is 29.5 Å². The Bertz CT molecular complexity index is 753. The standard InChI is InChI=1S/C11H17NO3S/c1-8-6-9(4-5-11(8)15-2)10(12)7-16(3,13)14/h4-6,10H,7,12H2,1-3H3/t10-/m1/s1/i2D3,3D3,7D2,10D. The first-order valence-electron chi connectivity index (χ1n) is 8.68. The first-order valence-corrected chi connectivity index (χ1v) is 5.66. The minimum atomic E-state index is -5.43. The van der Waals surface area contributed by atoms with Gasteiger partial charge in [0, 0.05) is 19.1 Å². The number of ether oxygens (including phenoxy) is 1. The van der Waals surface area contributed by atoms with E-state index in [1.807, 2.05) is 0 Å². The fraction of sp³-hybridized carbons (Fsp3) is 0.455. The fourth-order valence-electron chi connectivity index (χ4n) is 1.14. The summed E-state index contributed by atoms with van der Waals surface area (Å²) in [6.45, 7) is 1.38. The molecule has 16 heavy (non-hydrogen) atoms. The minimum absolute atomic E-state index is 0.0983. The molecule has 0 unspecified atom stereocenters. The predicted molar refractivity (Wildman–Crippen MR) is 64.4 cm³/mol. The Balaban J connectivity index is 3.42. The fourth-order valence-corrected chi connectivity index (χ4v) is 1.54. The number of nitrogens with two attached hydrogens (primary N) is 1. The van der Waals surface area contributed by atoms with Crippen molar-refractivity contribution in [2.75, 3.05) is 18.9 Å². The zero-order valence-corrected chi connectivity index (χ0v) is 9.26. The molecule has 0 heterocycles. The van der Waals surface area contributed by atoms with Crippen LogP contribution in [-0.4, -0.2) is 27.3 Å². The van der Waals surface area contributed by atoms with E-state index in [-0.39, 0.29) is 16.9 Å². The van der Waals surface area contributed by atoms with Gasteiger partial charge in [-0.1, -0.05) is 12.1 Å². The second kappa shape index (κ2) is 4.84. The highest BCUT2D eigenvalue weighted by atomic mass is 32.2. The largest absolute Gasteiger partial charge is 0.496 e. The van der Waals surface area contributed by atoms with Crippen molar-refractivity contribution in [2.24, 2.45) is 5.73 Å². The molecular formula is C11H17NO3S. The molecule has 0 amide bonds. The molecule has 0 aromatic heterocycles. The molecule has 0 aliphatic rings. The topological polar surface area (TPSA) is 69.4 Å². The highest BCUT2D eigenvalue weighted by Gasteiger charge is 2.13. The molecule has 5 heteroatoms. The number of aryl methyl sites for hydroxylation is 1. The van der Waals surface area contributed by atoms with Gasteiger partial charge in [0.15, 0.2) is 0 Å². The van der Waals surface area contributed by atoms with Crippen LogP contribution in [-0.2, 0) is 9.84 Å². The number of hydrogen-bond acceptors (Lipinski definition) is 4. The predicted octanol–water partition coefficient (Wildman–Crippen LogP) is 1.05. The molecule has 0 saturated carbocycles. The third kappa shape index (κ3) is 3.50. The van der Waals surface area contributed by atoms with Crippen molar-refractivity contribution < 1.29 is 25.5 Å². The van der Waals surface area contributed by atoms with Crippen LogP contribution in [0.5, 0.6) is 5.75 Å². The highest BCUT2D eigenvalue weighted by molar-refractivity contribution is 7.90. The molecule has 1 aromatic carbocycles. The van der Waals surface area contributed by atoms with Gasteiger partial charge >= 0.3 is 0 Å². The van der Waals surface area contributed by atoms with Crippen molar-refractivity contribution in [1.82, 2.24) is 0 Å². The van der Waals surface area contributed by atoms with Gasteiger partial charge in [-0.3, -0.25) is 0 Å². The van der Waals surface area contributed by atoms with Crippen molar-refractivity contribution in [3.05, 3.63) is 29.3 Å². The first-order chi connectivity index (χ1) is 10.8. The monoisotopic (exact) mass is 252 g/mol. The summed E-state index contributed by atoms with van der Waals surface area (Å²) < 4.78 is 94.1. The lowest BCUT2D eigenvalue weighted by Crippen LogP contribution is -2.20. The van der Waals surface area contributed by atoms with Gasteiger partial charge in [0.2, 0.25) is 0 Å². The Morgan fingerprint density at radius 2 is 2.44 bits per heavy atom. The molecule has 90 valence electrons. The Morgan fingerprint density at radius 3 is 3.00 bits per heavy atom. The third-order valence-corrected chi connectivity index (χ3v) is 2.33. The number of benzene rings is 1. The average Bonchev–Trinajstić information content (AvgIpc) is 2.37. The van der Waals surface area contributed by atoms with E-state index in [1.165, 1.54) is 6.92 Å². The molecule has 0 spiro atoms. The zero-order valence-electron chi connectivity index (χ0n) is 17.4. The molecular weight excluding hydrogens is 226 g/mol. The second-order valence-electron chi connectivity index (χ2n) is 3.10. The van der Waals surface area contributed by atoms with Crippen molar-refractivity contribution >= 4 is 9.84 Å². The van der Waals surface area contributed by atoms with E-state index in [4.69, 9.17) is 22.8 Å². The molecule has 0 fully saturated rings. The molecule has 0 saturated heterocycles. The molecule has 0 aliphatic carbocycles. The van der Waals surface area contributed by atoms with E-state index in [9.17, 15) is 8.42 Å². The van der Waals surface area contributed by atoms with Crippen LogP contribution in [0, 0.1) is 6.92 Å². The Labute approximate surface area is 109 Å². The average molecular weight is 252 g/mol. The van der Waals surface area contributed by atoms with Crippen molar-refractivity contribution in [2.45, 2.75) is 12.9 Å². The maximum absolute atomic E-state index is 12.0. The van der Waals surface area contributed by atoms with E-state index < -0.39 is 34.8 Å². The summed E-state index contributed by atoms with van der Waals surface area (Å²) in [5, 5.41) is 0. The minimum Gasteiger partial charge on any atom is -0.496 e. The van der Waals surface area contributed by atoms with E-state index in [2.05, 4.69) is 0 Å². The lowest BCUT2D eigenvalue weighted by molar-refractivity contribution is 0.411. The van der Waals surface area contributed by atoms with Gasteiger partial charge in [0.05, 0.1) is 18.2 Å². The highest BCUT2D eigenvalue weighted by Crippen LogP contribution is 2.22. The van der Waals surface area contributed by atoms with E-state index in [0.717, 1.165) is 18.2 Å². The van der Waals surface area contributed by atoms with Crippen LogP contribution in [0.25, 0.3) is 0 Å². The maximum atomic E-state index is 12.0. The van der Waals surface area contributed by atoms with Gasteiger partial charge in [-0.05, 0) is 24.1 Å². The van der Waals surface area contributed by atoms with Gasteiger partial charge in [-0.25, -0.2) is 8.42 Å². The first kappa shape index (κ1) is 5.06. The molecule has 0 bridgehead atoms. The van der Waals surface area contributed by atoms with Crippen LogP contribution in [0.2, 0.25) is 0 Å². The van der Waals surface area contributed by atoms with E-state index in [0.29, 0.717) is 0 Å². The number of rotatable bonds is 4. The van der Waals surface area contributed by atoms with E-state index in [1.54, 1.807) is 0 Å². The summed E-state index contributed by atoms with van der Waals surface area (Å²) in [6.07, 6.45) is -3.71. The van der Waals surface area contributed by atoms with Crippen LogP contribution in [0.4, 0.5) is 0 Å². The van der Waals surface area contributed by atoms with E-state index >= 15 is 0 Å². The number of sulfone groups is 1. The molecule has 2 N–H and O–H groups in total. The normalized spacial score (nSPS) is 26.2. The maximum Gasteiger partial charge on any atom is 0.149 e. The lowest BCUT2D eigenvalue weighted by atomic mass is 10.1. The second-order valence-corrected chi connectivity index (χ2v) is 4.31. The summed E-state index contributed by atoms with van der Waals surface area (Å²) in [4.78, 5) is 0. The molecule has 0 radical (unpaired) electrons. The van der Waals surface area contributed by atoms with Gasteiger partial charge < -0.3 is 10.5 Å². The number of hydrogen-bond donors (Lipinski definition) is 1. The Morgan fingerprint density at radius 1 is 1.69 bits per heavy atom. The number of methoxy groups -OCH3 is 1. The Hall–Kier alpha value is -1.07. The molecule has 1 aromatic rings. The van der Waals surface area contributed by atoms with Crippen LogP contribution < -0.4 is 10.5 Å². The van der Waals surface area contributed by atoms with Gasteiger partial charge in [-0.15, -0.1) is 0 Å². The summed E-state index contributed by atoms with van der Waals surface area (Å²) >= 11 is 0.